The van der Waals surface area contributed by atoms with E-state index in [0.29, 0.717) is 0 Å². The molecule has 0 radical (unpaired) electrons. The van der Waals surface area contributed by atoms with E-state index >= 15 is 0 Å². The van der Waals surface area contributed by atoms with Crippen LogP contribution in [0.25, 0.3) is 16.8 Å². The first-order valence-corrected chi connectivity index (χ1v) is 6.53. The van der Waals surface area contributed by atoms with E-state index in [0.717, 1.165) is 5.69 Å². The van der Waals surface area contributed by atoms with Crippen molar-refractivity contribution in [2.45, 2.75) is 0 Å². The van der Waals surface area contributed by atoms with Gasteiger partial charge in [0.25, 0.3) is 0 Å². The fourth-order valence-corrected chi connectivity index (χ4v) is 3.00. The minimum atomic E-state index is -0.102. The Hall–Kier alpha value is -1.10. The van der Waals surface area contributed by atoms with Crippen LogP contribution >= 0.6 is 21.0 Å². The van der Waals surface area contributed by atoms with E-state index in [4.69, 9.17) is 0 Å². The summed E-state index contributed by atoms with van der Waals surface area (Å²) in [6.07, 6.45) is 5.92. The highest BCUT2D eigenvalue weighted by molar-refractivity contribution is 14.2. The van der Waals surface area contributed by atoms with Crippen LogP contribution in [0.5, 0.6) is 0 Å². The van der Waals surface area contributed by atoms with Gasteiger partial charge < -0.3 is 0 Å². The van der Waals surface area contributed by atoms with Gasteiger partial charge in [0, 0.05) is 44.4 Å². The molecule has 0 aliphatic carbocycles. The molecule has 2 nitrogen and oxygen atoms in total. The zero-order valence-corrected chi connectivity index (χ0v) is 9.47. The first-order chi connectivity index (χ1) is 6.95. The molecule has 14 heavy (non-hydrogen) atoms. The van der Waals surface area contributed by atoms with Gasteiger partial charge in [-0.1, -0.05) is 6.07 Å². The van der Waals surface area contributed by atoms with Gasteiger partial charge in [-0.15, -0.1) is 0 Å². The van der Waals surface area contributed by atoms with Crippen LogP contribution in [-0.2, 0) is 0 Å². The molecule has 0 N–H and O–H groups in total. The van der Waals surface area contributed by atoms with Crippen molar-refractivity contribution in [1.82, 2.24) is 4.98 Å². The van der Waals surface area contributed by atoms with Gasteiger partial charge in [0.15, 0.2) is 0 Å². The van der Waals surface area contributed by atoms with E-state index in [2.05, 4.69) is 36.5 Å². The van der Waals surface area contributed by atoms with Gasteiger partial charge in [0.2, 0.25) is 0 Å². The molecule has 0 amide bonds. The number of fused-ring (bicyclic) bond motifs is 3. The van der Waals surface area contributed by atoms with Crippen molar-refractivity contribution in [3.63, 3.8) is 0 Å². The van der Waals surface area contributed by atoms with E-state index in [-0.39, 0.29) is 21.0 Å². The summed E-state index contributed by atoms with van der Waals surface area (Å²) in [4.78, 5) is 4.11. The Morgan fingerprint density at radius 1 is 1.14 bits per heavy atom. The molecule has 2 heterocycles. The Kier molecular flexibility index (Phi) is 1.90. The molecule has 1 aliphatic heterocycles. The Labute approximate surface area is 91.8 Å². The predicted octanol–water partition coefficient (Wildman–Crippen LogP) is 4.00. The molecule has 0 saturated carbocycles. The number of nitrogens with zero attached hydrogens (tertiary/aromatic N) is 2. The topological polar surface area (TPSA) is 25.2 Å². The average molecular weight is 294 g/mol. The second kappa shape index (κ2) is 3.24. The Morgan fingerprint density at radius 2 is 2.14 bits per heavy atom. The standard InChI is InChI=1S/C11H7IN2/c1-2-11-10(3-5-12-14-11)9-4-6-13-7-8(1)9/h1-7H. The van der Waals surface area contributed by atoms with Gasteiger partial charge in [-0.2, -0.15) is 0 Å². The lowest BCUT2D eigenvalue weighted by Gasteiger charge is -2.07. The lowest BCUT2D eigenvalue weighted by atomic mass is 10.1. The van der Waals surface area contributed by atoms with Gasteiger partial charge in [-0.3, -0.25) is 4.98 Å². The molecule has 3 heteroatoms. The second-order valence-corrected chi connectivity index (χ2v) is 4.83. The second-order valence-electron chi connectivity index (χ2n) is 3.07. The lowest BCUT2D eigenvalue weighted by molar-refractivity contribution is 1.36. The molecule has 3 rings (SSSR count). The number of rotatable bonds is 0. The van der Waals surface area contributed by atoms with Crippen molar-refractivity contribution in [2.24, 2.45) is 3.15 Å². The predicted molar refractivity (Wildman–Crippen MR) is 66.9 cm³/mol. The van der Waals surface area contributed by atoms with E-state index in [9.17, 15) is 0 Å². The van der Waals surface area contributed by atoms with E-state index in [1.165, 1.54) is 16.3 Å². The molecular weight excluding hydrogens is 287 g/mol. The molecule has 0 bridgehead atoms. The minimum Gasteiger partial charge on any atom is -0.264 e. The summed E-state index contributed by atoms with van der Waals surface area (Å²) in [7, 11) is 0. The Balaban J connectivity index is 2.47. The van der Waals surface area contributed by atoms with Crippen LogP contribution in [0.4, 0.5) is 5.69 Å². The fourth-order valence-electron chi connectivity index (χ4n) is 1.60. The van der Waals surface area contributed by atoms with E-state index in [1.807, 2.05) is 12.4 Å². The third kappa shape index (κ3) is 1.19. The fraction of sp³-hybridized carbons (Fsp3) is 0. The molecular formula is C11H7IN2. The summed E-state index contributed by atoms with van der Waals surface area (Å²) >= 11 is -0.102. The van der Waals surface area contributed by atoms with Crippen molar-refractivity contribution in [1.29, 1.82) is 0 Å². The molecule has 0 spiro atoms. The summed E-state index contributed by atoms with van der Waals surface area (Å²) in [5.74, 6) is 0. The number of hydrogen-bond donors (Lipinski definition) is 0. The highest BCUT2D eigenvalue weighted by atomic mass is 127. The molecule has 1 aromatic carbocycles. The number of pyridine rings is 1. The monoisotopic (exact) mass is 294 g/mol. The third-order valence-electron chi connectivity index (χ3n) is 2.26. The molecule has 0 unspecified atom stereocenters. The third-order valence-corrected chi connectivity index (χ3v) is 3.74. The maximum absolute atomic E-state index is 4.55. The van der Waals surface area contributed by atoms with Crippen LogP contribution in [-0.4, -0.2) is 4.98 Å². The summed E-state index contributed by atoms with van der Waals surface area (Å²) in [5.41, 5.74) is 2.38. The van der Waals surface area contributed by atoms with E-state index < -0.39 is 0 Å². The number of halogens is 1. The Morgan fingerprint density at radius 3 is 3.14 bits per heavy atom. The van der Waals surface area contributed by atoms with Crippen LogP contribution in [0, 0.1) is 0 Å². The first kappa shape index (κ1) is 8.23. The van der Waals surface area contributed by atoms with Gasteiger partial charge in [0.1, 0.15) is 0 Å². The van der Waals surface area contributed by atoms with Gasteiger partial charge in [-0.25, -0.2) is 3.15 Å². The van der Waals surface area contributed by atoms with Crippen LogP contribution in [0.2, 0.25) is 0 Å². The SMILES string of the molecule is C1=Cc2c(ccc3cnccc23)N=I1. The van der Waals surface area contributed by atoms with Crippen molar-refractivity contribution in [3.8, 4) is 0 Å². The average Bonchev–Trinajstić information content (AvgIpc) is 2.29. The molecule has 0 saturated heterocycles. The van der Waals surface area contributed by atoms with Gasteiger partial charge in [-0.05, 0) is 27.7 Å². The minimum absolute atomic E-state index is 0.102. The maximum atomic E-state index is 4.55. The first-order valence-electron chi connectivity index (χ1n) is 4.32. The molecule has 0 fully saturated rings. The smallest absolute Gasteiger partial charge is 0.0770 e. The molecule has 68 valence electrons. The van der Waals surface area contributed by atoms with E-state index in [1.54, 1.807) is 0 Å². The summed E-state index contributed by atoms with van der Waals surface area (Å²) < 4.78 is 6.74. The highest BCUT2D eigenvalue weighted by Crippen LogP contribution is 2.35. The number of aromatic nitrogens is 1. The van der Waals surface area contributed by atoms with Crippen molar-refractivity contribution >= 4 is 43.6 Å². The van der Waals surface area contributed by atoms with Crippen molar-refractivity contribution in [3.05, 3.63) is 40.2 Å². The molecule has 2 aromatic rings. The van der Waals surface area contributed by atoms with Crippen molar-refractivity contribution < 1.29 is 0 Å². The van der Waals surface area contributed by atoms with Gasteiger partial charge in [0.05, 0.1) is 5.69 Å². The summed E-state index contributed by atoms with van der Waals surface area (Å²) in [6, 6.07) is 6.23. The van der Waals surface area contributed by atoms with Crippen LogP contribution in [0.1, 0.15) is 5.56 Å². The zero-order chi connectivity index (χ0) is 9.38. The van der Waals surface area contributed by atoms with Crippen molar-refractivity contribution in [2.75, 3.05) is 0 Å². The summed E-state index contributed by atoms with van der Waals surface area (Å²) in [5, 5.41) is 2.44. The van der Waals surface area contributed by atoms with Gasteiger partial charge >= 0.3 is 0 Å². The molecule has 0 atom stereocenters. The maximum Gasteiger partial charge on any atom is 0.0770 e. The number of hydrogen-bond acceptors (Lipinski definition) is 2. The normalized spacial score (nSPS) is 13.7. The molecule has 1 aromatic heterocycles. The molecule has 1 aliphatic rings. The zero-order valence-electron chi connectivity index (χ0n) is 7.31. The number of benzene rings is 1. The largest absolute Gasteiger partial charge is 0.264 e. The highest BCUT2D eigenvalue weighted by Gasteiger charge is 2.05. The van der Waals surface area contributed by atoms with Crippen LogP contribution in [0.15, 0.2) is 37.8 Å². The lowest BCUT2D eigenvalue weighted by Crippen LogP contribution is -1.81. The quantitative estimate of drug-likeness (QED) is 0.674. The Bertz CT molecular complexity index is 558. The van der Waals surface area contributed by atoms with Crippen LogP contribution in [0.3, 0.4) is 0 Å². The summed E-state index contributed by atoms with van der Waals surface area (Å²) in [6.45, 7) is 0. The van der Waals surface area contributed by atoms with Crippen LogP contribution < -0.4 is 0 Å².